The predicted molar refractivity (Wildman–Crippen MR) is 84.9 cm³/mol. The van der Waals surface area contributed by atoms with Crippen LogP contribution in [0.2, 0.25) is 5.02 Å². The fourth-order valence-corrected chi connectivity index (χ4v) is 4.56. The highest BCUT2D eigenvalue weighted by atomic mass is 35.5. The summed E-state index contributed by atoms with van der Waals surface area (Å²) in [5.41, 5.74) is 7.04. The fraction of sp³-hybridized carbons (Fsp3) is 0.647. The molecule has 1 heterocycles. The van der Waals surface area contributed by atoms with Crippen molar-refractivity contribution in [3.63, 3.8) is 0 Å². The second kappa shape index (κ2) is 6.64. The molecule has 0 radical (unpaired) electrons. The van der Waals surface area contributed by atoms with Crippen LogP contribution >= 0.6 is 11.6 Å². The topological polar surface area (TPSA) is 29.3 Å². The van der Waals surface area contributed by atoms with Crippen molar-refractivity contribution >= 4 is 11.6 Å². The van der Waals surface area contributed by atoms with Gasteiger partial charge >= 0.3 is 0 Å². The summed E-state index contributed by atoms with van der Waals surface area (Å²) in [6.45, 7) is 1.62. The first kappa shape index (κ1) is 15.3. The van der Waals surface area contributed by atoms with Gasteiger partial charge in [0.1, 0.15) is 5.82 Å². The van der Waals surface area contributed by atoms with E-state index in [-0.39, 0.29) is 11.9 Å². The first-order valence-electron chi connectivity index (χ1n) is 8.11. The maximum Gasteiger partial charge on any atom is 0.124 e. The third kappa shape index (κ3) is 3.10. The smallest absolute Gasteiger partial charge is 0.124 e. The van der Waals surface area contributed by atoms with Gasteiger partial charge in [0.2, 0.25) is 0 Å². The molecule has 2 nitrogen and oxygen atoms in total. The molecule has 1 saturated carbocycles. The van der Waals surface area contributed by atoms with Crippen LogP contribution in [0, 0.1) is 11.7 Å². The van der Waals surface area contributed by atoms with Gasteiger partial charge in [0.15, 0.2) is 0 Å². The van der Waals surface area contributed by atoms with Crippen molar-refractivity contribution in [2.75, 3.05) is 13.1 Å². The van der Waals surface area contributed by atoms with E-state index in [2.05, 4.69) is 4.90 Å². The Hall–Kier alpha value is -0.640. The number of rotatable bonds is 4. The van der Waals surface area contributed by atoms with E-state index in [1.807, 2.05) is 0 Å². The zero-order valence-corrected chi connectivity index (χ0v) is 13.2. The normalized spacial score (nSPS) is 25.6. The molecule has 0 aromatic heterocycles. The van der Waals surface area contributed by atoms with Gasteiger partial charge in [0.05, 0.1) is 0 Å². The van der Waals surface area contributed by atoms with E-state index < -0.39 is 0 Å². The largest absolute Gasteiger partial charge is 0.329 e. The van der Waals surface area contributed by atoms with Crippen molar-refractivity contribution in [2.24, 2.45) is 11.7 Å². The number of likely N-dealkylation sites (tertiary alicyclic amines) is 1. The Balaban J connectivity index is 1.84. The Kier molecular flexibility index (Phi) is 4.82. The predicted octanol–water partition coefficient (Wildman–Crippen LogP) is 4.13. The zero-order valence-electron chi connectivity index (χ0n) is 12.4. The Morgan fingerprint density at radius 1 is 1.24 bits per heavy atom. The molecular formula is C17H24ClFN2. The molecule has 2 atom stereocenters. The maximum atomic E-state index is 13.3. The molecular weight excluding hydrogens is 287 g/mol. The van der Waals surface area contributed by atoms with Crippen LogP contribution in [0.15, 0.2) is 18.2 Å². The summed E-state index contributed by atoms with van der Waals surface area (Å²) in [7, 11) is 0. The minimum atomic E-state index is -0.284. The monoisotopic (exact) mass is 310 g/mol. The summed E-state index contributed by atoms with van der Waals surface area (Å²) in [6, 6.07) is 5.44. The van der Waals surface area contributed by atoms with Gasteiger partial charge in [-0.2, -0.15) is 0 Å². The highest BCUT2D eigenvalue weighted by Crippen LogP contribution is 2.40. The number of nitrogens with zero attached hydrogens (tertiary/aromatic N) is 1. The highest BCUT2D eigenvalue weighted by molar-refractivity contribution is 6.31. The molecule has 2 N–H and O–H groups in total. The summed E-state index contributed by atoms with van der Waals surface area (Å²) in [5.74, 6) is 0.522. The summed E-state index contributed by atoms with van der Waals surface area (Å²) in [6.07, 6.45) is 7.90. The standard InChI is InChI=1S/C17H24ClFN2/c18-15-10-13(19)7-8-14(15)17(11-20)21-9-3-6-16(21)12-4-1-2-5-12/h7-8,10,12,16-17H,1-6,9,11,20H2. The molecule has 1 aliphatic heterocycles. The average Bonchev–Trinajstić information content (AvgIpc) is 3.12. The molecule has 1 saturated heterocycles. The van der Waals surface area contributed by atoms with Crippen molar-refractivity contribution in [3.8, 4) is 0 Å². The summed E-state index contributed by atoms with van der Waals surface area (Å²) < 4.78 is 13.3. The van der Waals surface area contributed by atoms with Gasteiger partial charge in [-0.15, -0.1) is 0 Å². The minimum absolute atomic E-state index is 0.117. The van der Waals surface area contributed by atoms with E-state index in [1.165, 1.54) is 50.7 Å². The van der Waals surface area contributed by atoms with Crippen LogP contribution in [-0.2, 0) is 0 Å². The second-order valence-corrected chi connectivity index (χ2v) is 6.82. The SMILES string of the molecule is NCC(c1ccc(F)cc1Cl)N1CCCC1C1CCCC1. The molecule has 2 aliphatic rings. The molecule has 1 aromatic carbocycles. The molecule has 2 unspecified atom stereocenters. The van der Waals surface area contributed by atoms with Gasteiger partial charge in [0, 0.05) is 23.7 Å². The molecule has 0 amide bonds. The van der Waals surface area contributed by atoms with Crippen LogP contribution in [0.5, 0.6) is 0 Å². The Morgan fingerprint density at radius 3 is 2.67 bits per heavy atom. The van der Waals surface area contributed by atoms with Gasteiger partial charge < -0.3 is 5.73 Å². The third-order valence-corrected chi connectivity index (χ3v) is 5.56. The summed E-state index contributed by atoms with van der Waals surface area (Å²) in [4.78, 5) is 2.54. The second-order valence-electron chi connectivity index (χ2n) is 6.41. The van der Waals surface area contributed by atoms with Crippen molar-refractivity contribution in [3.05, 3.63) is 34.6 Å². The first-order valence-corrected chi connectivity index (χ1v) is 8.49. The highest BCUT2D eigenvalue weighted by Gasteiger charge is 2.37. The van der Waals surface area contributed by atoms with E-state index in [9.17, 15) is 4.39 Å². The van der Waals surface area contributed by atoms with Gasteiger partial charge in [0.25, 0.3) is 0 Å². The lowest BCUT2D eigenvalue weighted by atomic mass is 9.94. The molecule has 0 bridgehead atoms. The van der Waals surface area contributed by atoms with Crippen LogP contribution in [0.25, 0.3) is 0 Å². The molecule has 3 rings (SSSR count). The lowest BCUT2D eigenvalue weighted by molar-refractivity contribution is 0.138. The van der Waals surface area contributed by atoms with Gasteiger partial charge in [-0.3, -0.25) is 4.90 Å². The van der Waals surface area contributed by atoms with Crippen LogP contribution in [0.3, 0.4) is 0 Å². The van der Waals surface area contributed by atoms with Crippen molar-refractivity contribution in [1.29, 1.82) is 0 Å². The van der Waals surface area contributed by atoms with E-state index >= 15 is 0 Å². The number of benzene rings is 1. The van der Waals surface area contributed by atoms with Crippen molar-refractivity contribution in [2.45, 2.75) is 50.6 Å². The quantitative estimate of drug-likeness (QED) is 0.906. The number of halogens is 2. The average molecular weight is 311 g/mol. The van der Waals surface area contributed by atoms with E-state index in [4.69, 9.17) is 17.3 Å². The number of nitrogens with two attached hydrogens (primary N) is 1. The van der Waals surface area contributed by atoms with E-state index in [1.54, 1.807) is 6.07 Å². The molecule has 2 fully saturated rings. The Labute approximate surface area is 131 Å². The maximum absolute atomic E-state index is 13.3. The lowest BCUT2D eigenvalue weighted by Gasteiger charge is -2.36. The summed E-state index contributed by atoms with van der Waals surface area (Å²) in [5, 5.41) is 0.502. The van der Waals surface area contributed by atoms with E-state index in [0.29, 0.717) is 17.6 Å². The lowest BCUT2D eigenvalue weighted by Crippen LogP contribution is -2.40. The Morgan fingerprint density at radius 2 is 2.00 bits per heavy atom. The molecule has 0 spiro atoms. The molecule has 1 aliphatic carbocycles. The molecule has 1 aromatic rings. The van der Waals surface area contributed by atoms with Crippen molar-refractivity contribution in [1.82, 2.24) is 4.90 Å². The fourth-order valence-electron chi connectivity index (χ4n) is 4.26. The van der Waals surface area contributed by atoms with E-state index in [0.717, 1.165) is 18.0 Å². The third-order valence-electron chi connectivity index (χ3n) is 5.23. The minimum Gasteiger partial charge on any atom is -0.329 e. The molecule has 4 heteroatoms. The molecule has 116 valence electrons. The number of hydrogen-bond donors (Lipinski definition) is 1. The Bertz CT molecular complexity index is 488. The van der Waals surface area contributed by atoms with Crippen LogP contribution in [0.1, 0.15) is 50.1 Å². The zero-order chi connectivity index (χ0) is 14.8. The van der Waals surface area contributed by atoms with Gasteiger partial charge in [-0.1, -0.05) is 30.5 Å². The number of hydrogen-bond acceptors (Lipinski definition) is 2. The molecule has 21 heavy (non-hydrogen) atoms. The summed E-state index contributed by atoms with van der Waals surface area (Å²) >= 11 is 6.27. The van der Waals surface area contributed by atoms with Gasteiger partial charge in [-0.05, 0) is 55.8 Å². The van der Waals surface area contributed by atoms with Crippen LogP contribution < -0.4 is 5.73 Å². The first-order chi connectivity index (χ1) is 10.2. The van der Waals surface area contributed by atoms with Crippen molar-refractivity contribution < 1.29 is 4.39 Å². The van der Waals surface area contributed by atoms with Crippen LogP contribution in [-0.4, -0.2) is 24.0 Å². The van der Waals surface area contributed by atoms with Gasteiger partial charge in [-0.25, -0.2) is 4.39 Å². The van der Waals surface area contributed by atoms with Crippen LogP contribution in [0.4, 0.5) is 4.39 Å².